The van der Waals surface area contributed by atoms with E-state index in [9.17, 15) is 0 Å². The molecule has 1 heterocycles. The lowest BCUT2D eigenvalue weighted by molar-refractivity contribution is 0.481. The highest BCUT2D eigenvalue weighted by Gasteiger charge is 2.07. The molecule has 0 N–H and O–H groups in total. The van der Waals surface area contributed by atoms with Crippen molar-refractivity contribution in [3.05, 3.63) is 90.3 Å². The molecule has 0 aliphatic carbocycles. The molecule has 3 aromatic carbocycles. The molecule has 0 aliphatic heterocycles. The summed E-state index contributed by atoms with van der Waals surface area (Å²) in [6, 6.07) is 25.5. The van der Waals surface area contributed by atoms with E-state index >= 15 is 0 Å². The average molecular weight is 301 g/mol. The molecule has 0 saturated carbocycles. The van der Waals surface area contributed by atoms with Gasteiger partial charge >= 0.3 is 0 Å². The third-order valence-corrected chi connectivity index (χ3v) is 3.57. The van der Waals surface area contributed by atoms with Crippen LogP contribution in [0.1, 0.15) is 11.5 Å². The Kier molecular flexibility index (Phi) is 3.53. The van der Waals surface area contributed by atoms with Crippen LogP contribution in [0.25, 0.3) is 11.1 Å². The van der Waals surface area contributed by atoms with Gasteiger partial charge in [-0.2, -0.15) is 0 Å². The Morgan fingerprint density at radius 3 is 2.43 bits per heavy atom. The number of hydrogen-bond acceptors (Lipinski definition) is 3. The highest BCUT2D eigenvalue weighted by Crippen LogP contribution is 2.23. The first kappa shape index (κ1) is 13.6. The number of nitrogens with zero attached hydrogens (tertiary/aromatic N) is 1. The van der Waals surface area contributed by atoms with Gasteiger partial charge in [-0.1, -0.05) is 42.5 Å². The first-order valence-electron chi connectivity index (χ1n) is 7.53. The minimum absolute atomic E-state index is 0.640. The second-order valence-electron chi connectivity index (χ2n) is 5.31. The smallest absolute Gasteiger partial charge is 0.199 e. The number of hydrogen-bond donors (Lipinski definition) is 0. The SMILES string of the molecule is c1ccc(Oc2cccc(Cc3nc4ccccc4o3)c2)cc1. The maximum atomic E-state index is 5.86. The van der Waals surface area contributed by atoms with Gasteiger partial charge in [0.05, 0.1) is 0 Å². The maximum Gasteiger partial charge on any atom is 0.199 e. The third-order valence-electron chi connectivity index (χ3n) is 3.57. The summed E-state index contributed by atoms with van der Waals surface area (Å²) in [5.74, 6) is 2.35. The van der Waals surface area contributed by atoms with Crippen molar-refractivity contribution in [1.29, 1.82) is 0 Å². The molecule has 0 amide bonds. The Morgan fingerprint density at radius 2 is 1.57 bits per heavy atom. The van der Waals surface area contributed by atoms with Gasteiger partial charge in [0.2, 0.25) is 0 Å². The van der Waals surface area contributed by atoms with Gasteiger partial charge in [-0.3, -0.25) is 0 Å². The molecule has 3 heteroatoms. The van der Waals surface area contributed by atoms with Crippen molar-refractivity contribution in [1.82, 2.24) is 4.98 Å². The van der Waals surface area contributed by atoms with Gasteiger partial charge in [0, 0.05) is 6.42 Å². The van der Waals surface area contributed by atoms with Crippen LogP contribution in [0.3, 0.4) is 0 Å². The van der Waals surface area contributed by atoms with E-state index in [0.717, 1.165) is 28.2 Å². The fourth-order valence-corrected chi connectivity index (χ4v) is 2.51. The number of fused-ring (bicyclic) bond motifs is 1. The molecule has 4 aromatic rings. The van der Waals surface area contributed by atoms with Crippen LogP contribution < -0.4 is 4.74 Å². The number of aromatic nitrogens is 1. The summed E-state index contributed by atoms with van der Waals surface area (Å²) in [6.07, 6.45) is 0.640. The first-order valence-corrected chi connectivity index (χ1v) is 7.53. The zero-order valence-corrected chi connectivity index (χ0v) is 12.5. The maximum absolute atomic E-state index is 5.86. The summed E-state index contributed by atoms with van der Waals surface area (Å²) in [5.41, 5.74) is 2.81. The number of oxazole rings is 1. The van der Waals surface area contributed by atoms with Gasteiger partial charge in [-0.15, -0.1) is 0 Å². The molecule has 0 spiro atoms. The molecule has 23 heavy (non-hydrogen) atoms. The Hall–Kier alpha value is -3.07. The number of benzene rings is 3. The van der Waals surface area contributed by atoms with Gasteiger partial charge in [0.1, 0.15) is 17.0 Å². The molecule has 0 fully saturated rings. The van der Waals surface area contributed by atoms with Crippen LogP contribution in [0.5, 0.6) is 11.5 Å². The van der Waals surface area contributed by atoms with Crippen LogP contribution in [0, 0.1) is 0 Å². The van der Waals surface area contributed by atoms with Gasteiger partial charge in [-0.25, -0.2) is 4.98 Å². The van der Waals surface area contributed by atoms with Gasteiger partial charge in [0.15, 0.2) is 11.5 Å². The lowest BCUT2D eigenvalue weighted by Crippen LogP contribution is -1.90. The number of para-hydroxylation sites is 3. The van der Waals surface area contributed by atoms with E-state index in [1.165, 1.54) is 0 Å². The fourth-order valence-electron chi connectivity index (χ4n) is 2.51. The predicted octanol–water partition coefficient (Wildman–Crippen LogP) is 5.21. The quantitative estimate of drug-likeness (QED) is 0.519. The molecule has 1 aromatic heterocycles. The van der Waals surface area contributed by atoms with Crippen LogP contribution in [0.2, 0.25) is 0 Å². The zero-order valence-electron chi connectivity index (χ0n) is 12.5. The summed E-state index contributed by atoms with van der Waals surface area (Å²) < 4.78 is 11.6. The molecular weight excluding hydrogens is 286 g/mol. The second-order valence-corrected chi connectivity index (χ2v) is 5.31. The molecule has 0 atom stereocenters. The van der Waals surface area contributed by atoms with E-state index in [0.29, 0.717) is 12.3 Å². The lowest BCUT2D eigenvalue weighted by atomic mass is 10.1. The normalized spacial score (nSPS) is 10.8. The van der Waals surface area contributed by atoms with Crippen molar-refractivity contribution in [2.75, 3.05) is 0 Å². The topological polar surface area (TPSA) is 35.3 Å². The van der Waals surface area contributed by atoms with Gasteiger partial charge in [-0.05, 0) is 42.0 Å². The van der Waals surface area contributed by atoms with Crippen LogP contribution >= 0.6 is 0 Å². The van der Waals surface area contributed by atoms with E-state index in [-0.39, 0.29) is 0 Å². The number of ether oxygens (including phenoxy) is 1. The summed E-state index contributed by atoms with van der Waals surface area (Å²) >= 11 is 0. The molecule has 0 saturated heterocycles. The Balaban J connectivity index is 1.56. The molecule has 112 valence electrons. The van der Waals surface area contributed by atoms with E-state index < -0.39 is 0 Å². The van der Waals surface area contributed by atoms with E-state index in [2.05, 4.69) is 4.98 Å². The van der Waals surface area contributed by atoms with Crippen LogP contribution in [0.15, 0.2) is 83.3 Å². The van der Waals surface area contributed by atoms with Crippen LogP contribution in [-0.4, -0.2) is 4.98 Å². The molecule has 0 bridgehead atoms. The molecule has 0 radical (unpaired) electrons. The van der Waals surface area contributed by atoms with Crippen LogP contribution in [-0.2, 0) is 6.42 Å². The predicted molar refractivity (Wildman–Crippen MR) is 89.8 cm³/mol. The highest BCUT2D eigenvalue weighted by molar-refractivity contribution is 5.72. The van der Waals surface area contributed by atoms with Crippen molar-refractivity contribution in [3.63, 3.8) is 0 Å². The van der Waals surface area contributed by atoms with Gasteiger partial charge in [0.25, 0.3) is 0 Å². The van der Waals surface area contributed by atoms with Crippen molar-refractivity contribution in [2.45, 2.75) is 6.42 Å². The Labute approximate surface area is 134 Å². The molecule has 4 rings (SSSR count). The summed E-state index contributed by atoms with van der Waals surface area (Å²) in [7, 11) is 0. The van der Waals surface area contributed by atoms with Crippen molar-refractivity contribution in [3.8, 4) is 11.5 Å². The average Bonchev–Trinajstić information content (AvgIpc) is 2.98. The summed E-state index contributed by atoms with van der Waals surface area (Å²) in [4.78, 5) is 4.51. The van der Waals surface area contributed by atoms with E-state index in [1.807, 2.05) is 78.9 Å². The first-order chi connectivity index (χ1) is 11.4. The monoisotopic (exact) mass is 301 g/mol. The molecule has 0 unspecified atom stereocenters. The molecular formula is C20H15NO2. The summed E-state index contributed by atoms with van der Waals surface area (Å²) in [5, 5.41) is 0. The van der Waals surface area contributed by atoms with E-state index in [1.54, 1.807) is 0 Å². The van der Waals surface area contributed by atoms with Crippen molar-refractivity contribution < 1.29 is 9.15 Å². The molecule has 0 aliphatic rings. The Morgan fingerprint density at radius 1 is 0.783 bits per heavy atom. The fraction of sp³-hybridized carbons (Fsp3) is 0.0500. The molecule has 3 nitrogen and oxygen atoms in total. The minimum atomic E-state index is 0.640. The van der Waals surface area contributed by atoms with Crippen molar-refractivity contribution >= 4 is 11.1 Å². The third kappa shape index (κ3) is 3.09. The van der Waals surface area contributed by atoms with Crippen LogP contribution in [0.4, 0.5) is 0 Å². The minimum Gasteiger partial charge on any atom is -0.457 e. The standard InChI is InChI=1S/C20H15NO2/c1-2-8-16(9-3-1)22-17-10-6-7-15(13-17)14-20-21-18-11-4-5-12-19(18)23-20/h1-13H,14H2. The largest absolute Gasteiger partial charge is 0.457 e. The second kappa shape index (κ2) is 5.97. The lowest BCUT2D eigenvalue weighted by Gasteiger charge is -2.06. The van der Waals surface area contributed by atoms with Gasteiger partial charge < -0.3 is 9.15 Å². The Bertz CT molecular complexity index is 895. The highest BCUT2D eigenvalue weighted by atomic mass is 16.5. The number of rotatable bonds is 4. The van der Waals surface area contributed by atoms with E-state index in [4.69, 9.17) is 9.15 Å². The zero-order chi connectivity index (χ0) is 15.5. The summed E-state index contributed by atoms with van der Waals surface area (Å²) in [6.45, 7) is 0. The van der Waals surface area contributed by atoms with Crippen molar-refractivity contribution in [2.24, 2.45) is 0 Å².